The number of furan rings is 2. The van der Waals surface area contributed by atoms with Crippen molar-refractivity contribution in [2.24, 2.45) is 0 Å². The number of carbonyl (C=O) groups is 2. The van der Waals surface area contributed by atoms with Crippen molar-refractivity contribution < 1.29 is 28.3 Å². The van der Waals surface area contributed by atoms with Crippen molar-refractivity contribution in [3.63, 3.8) is 0 Å². The maximum absolute atomic E-state index is 13.1. The zero-order valence-corrected chi connectivity index (χ0v) is 17.1. The van der Waals surface area contributed by atoms with Crippen LogP contribution in [-0.2, 0) is 11.3 Å². The van der Waals surface area contributed by atoms with Gasteiger partial charge in [-0.2, -0.15) is 0 Å². The molecule has 1 aliphatic heterocycles. The lowest BCUT2D eigenvalue weighted by atomic mass is 9.95. The molecule has 0 radical (unpaired) electrons. The zero-order valence-electron chi connectivity index (χ0n) is 17.1. The van der Waals surface area contributed by atoms with Crippen molar-refractivity contribution in [3.8, 4) is 5.75 Å². The highest BCUT2D eigenvalue weighted by Crippen LogP contribution is 2.40. The fraction of sp³-hybridized carbons (Fsp3) is 0.250. The third-order valence-electron chi connectivity index (χ3n) is 5.16. The van der Waals surface area contributed by atoms with Gasteiger partial charge < -0.3 is 23.6 Å². The normalized spacial score (nSPS) is 16.2. The van der Waals surface area contributed by atoms with Gasteiger partial charge in [-0.3, -0.25) is 9.59 Å². The standard InChI is InChI=1S/C24H23NO6/c1-2-3-12-29-17-10-8-16(9-11-17)21-20(22(26)19-7-5-14-31-19)23(27)24(28)25(21)15-18-6-4-13-30-18/h4-11,13-14,21,27H,2-3,12,15H2,1H3. The molecule has 160 valence electrons. The van der Waals surface area contributed by atoms with Crippen molar-refractivity contribution in [2.75, 3.05) is 6.61 Å². The van der Waals surface area contributed by atoms with E-state index in [1.54, 1.807) is 42.5 Å². The number of ketones is 1. The molecule has 1 amide bonds. The van der Waals surface area contributed by atoms with Crippen LogP contribution < -0.4 is 4.74 Å². The second-order valence-corrected chi connectivity index (χ2v) is 7.25. The highest BCUT2D eigenvalue weighted by atomic mass is 16.5. The molecule has 1 atom stereocenters. The second-order valence-electron chi connectivity index (χ2n) is 7.25. The van der Waals surface area contributed by atoms with Gasteiger partial charge in [0, 0.05) is 0 Å². The minimum Gasteiger partial charge on any atom is -0.503 e. The van der Waals surface area contributed by atoms with Crippen LogP contribution in [0.3, 0.4) is 0 Å². The van der Waals surface area contributed by atoms with E-state index in [4.69, 9.17) is 13.6 Å². The summed E-state index contributed by atoms with van der Waals surface area (Å²) in [6.07, 6.45) is 4.87. The number of unbranched alkanes of at least 4 members (excludes halogenated alkanes) is 1. The van der Waals surface area contributed by atoms with Gasteiger partial charge in [0.2, 0.25) is 5.78 Å². The van der Waals surface area contributed by atoms with Gasteiger partial charge in [-0.05, 0) is 48.4 Å². The van der Waals surface area contributed by atoms with Crippen molar-refractivity contribution >= 4 is 11.7 Å². The number of hydrogen-bond donors (Lipinski definition) is 1. The zero-order chi connectivity index (χ0) is 21.8. The van der Waals surface area contributed by atoms with Crippen LogP contribution in [0.2, 0.25) is 0 Å². The van der Waals surface area contributed by atoms with Crippen LogP contribution in [0.4, 0.5) is 0 Å². The van der Waals surface area contributed by atoms with Crippen LogP contribution in [0.15, 0.2) is 81.2 Å². The number of carbonyl (C=O) groups excluding carboxylic acids is 2. The van der Waals surface area contributed by atoms with E-state index in [9.17, 15) is 14.7 Å². The quantitative estimate of drug-likeness (QED) is 0.393. The van der Waals surface area contributed by atoms with Gasteiger partial charge in [-0.1, -0.05) is 25.5 Å². The van der Waals surface area contributed by atoms with Crippen molar-refractivity contribution in [2.45, 2.75) is 32.4 Å². The molecular weight excluding hydrogens is 398 g/mol. The number of rotatable bonds is 9. The molecule has 1 aromatic carbocycles. The third-order valence-corrected chi connectivity index (χ3v) is 5.16. The molecule has 0 saturated heterocycles. The summed E-state index contributed by atoms with van der Waals surface area (Å²) in [7, 11) is 0. The van der Waals surface area contributed by atoms with E-state index in [-0.39, 0.29) is 17.9 Å². The van der Waals surface area contributed by atoms with Gasteiger partial charge in [-0.25, -0.2) is 0 Å². The Morgan fingerprint density at radius 2 is 1.84 bits per heavy atom. The summed E-state index contributed by atoms with van der Waals surface area (Å²) in [5, 5.41) is 10.6. The monoisotopic (exact) mass is 421 g/mol. The number of aliphatic hydroxyl groups excluding tert-OH is 1. The first-order valence-corrected chi connectivity index (χ1v) is 10.2. The Hall–Kier alpha value is -3.74. The molecule has 0 aliphatic carbocycles. The average molecular weight is 421 g/mol. The predicted molar refractivity (Wildman–Crippen MR) is 112 cm³/mol. The molecule has 2 aromatic heterocycles. The molecule has 7 nitrogen and oxygen atoms in total. The Labute approximate surface area is 179 Å². The maximum Gasteiger partial charge on any atom is 0.290 e. The minimum absolute atomic E-state index is 0.0221. The van der Waals surface area contributed by atoms with Gasteiger partial charge in [0.15, 0.2) is 11.5 Å². The number of aliphatic hydroxyl groups is 1. The molecule has 0 bridgehead atoms. The lowest BCUT2D eigenvalue weighted by Gasteiger charge is -2.26. The highest BCUT2D eigenvalue weighted by molar-refractivity contribution is 6.14. The van der Waals surface area contributed by atoms with Crippen molar-refractivity contribution in [1.82, 2.24) is 4.90 Å². The lowest BCUT2D eigenvalue weighted by Crippen LogP contribution is -2.30. The number of nitrogens with zero attached hydrogens (tertiary/aromatic N) is 1. The number of ether oxygens (including phenoxy) is 1. The summed E-state index contributed by atoms with van der Waals surface area (Å²) in [6, 6.07) is 12.9. The van der Waals surface area contributed by atoms with E-state index in [0.717, 1.165) is 12.8 Å². The first-order chi connectivity index (χ1) is 15.1. The first kappa shape index (κ1) is 20.5. The lowest BCUT2D eigenvalue weighted by molar-refractivity contribution is -0.130. The van der Waals surface area contributed by atoms with Crippen LogP contribution in [0.5, 0.6) is 5.75 Å². The minimum atomic E-state index is -0.792. The van der Waals surface area contributed by atoms with Gasteiger partial charge in [0.25, 0.3) is 5.91 Å². The number of benzene rings is 1. The molecule has 0 saturated carbocycles. The molecule has 1 N–H and O–H groups in total. The van der Waals surface area contributed by atoms with Gasteiger partial charge in [-0.15, -0.1) is 0 Å². The van der Waals surface area contributed by atoms with E-state index in [0.29, 0.717) is 23.7 Å². The largest absolute Gasteiger partial charge is 0.503 e. The first-order valence-electron chi connectivity index (χ1n) is 10.2. The molecule has 31 heavy (non-hydrogen) atoms. The topological polar surface area (TPSA) is 93.1 Å². The second kappa shape index (κ2) is 8.95. The average Bonchev–Trinajstić information content (AvgIpc) is 3.53. The Morgan fingerprint density at radius 1 is 1.10 bits per heavy atom. The summed E-state index contributed by atoms with van der Waals surface area (Å²) >= 11 is 0. The predicted octanol–water partition coefficient (Wildman–Crippen LogP) is 4.83. The summed E-state index contributed by atoms with van der Waals surface area (Å²) in [5.41, 5.74) is 0.646. The fourth-order valence-electron chi connectivity index (χ4n) is 3.59. The van der Waals surface area contributed by atoms with Crippen LogP contribution in [0.1, 0.15) is 47.7 Å². The van der Waals surface area contributed by atoms with E-state index in [2.05, 4.69) is 6.92 Å². The highest BCUT2D eigenvalue weighted by Gasteiger charge is 2.44. The maximum atomic E-state index is 13.1. The Bertz CT molecular complexity index is 1060. The van der Waals surface area contributed by atoms with Crippen LogP contribution in [-0.4, -0.2) is 28.3 Å². The van der Waals surface area contributed by atoms with E-state index in [1.165, 1.54) is 23.5 Å². The Morgan fingerprint density at radius 3 is 2.48 bits per heavy atom. The van der Waals surface area contributed by atoms with E-state index in [1.807, 2.05) is 0 Å². The summed E-state index contributed by atoms with van der Waals surface area (Å²) in [4.78, 5) is 27.4. The van der Waals surface area contributed by atoms with E-state index >= 15 is 0 Å². The number of hydrogen-bond acceptors (Lipinski definition) is 6. The molecule has 1 unspecified atom stereocenters. The third kappa shape index (κ3) is 4.12. The molecule has 0 fully saturated rings. The SMILES string of the molecule is CCCCOc1ccc(C2C(C(=O)c3ccco3)=C(O)C(=O)N2Cc2ccco2)cc1. The summed E-state index contributed by atoms with van der Waals surface area (Å²) in [6.45, 7) is 2.81. The molecule has 4 rings (SSSR count). The van der Waals surface area contributed by atoms with Crippen LogP contribution in [0, 0.1) is 0 Å². The van der Waals surface area contributed by atoms with Gasteiger partial charge >= 0.3 is 0 Å². The van der Waals surface area contributed by atoms with Crippen LogP contribution >= 0.6 is 0 Å². The fourth-order valence-corrected chi connectivity index (χ4v) is 3.59. The van der Waals surface area contributed by atoms with Crippen molar-refractivity contribution in [1.29, 1.82) is 0 Å². The molecule has 3 heterocycles. The molecular formula is C24H23NO6. The van der Waals surface area contributed by atoms with Crippen LogP contribution in [0.25, 0.3) is 0 Å². The number of Topliss-reactive ketones (excluding diaryl/α,β-unsaturated/α-hetero) is 1. The summed E-state index contributed by atoms with van der Waals surface area (Å²) in [5.74, 6) is -0.464. The smallest absolute Gasteiger partial charge is 0.290 e. The molecule has 0 spiro atoms. The van der Waals surface area contributed by atoms with Crippen molar-refractivity contribution in [3.05, 3.63) is 89.5 Å². The van der Waals surface area contributed by atoms with Gasteiger partial charge in [0.1, 0.15) is 11.5 Å². The number of amides is 1. The summed E-state index contributed by atoms with van der Waals surface area (Å²) < 4.78 is 16.3. The van der Waals surface area contributed by atoms with Gasteiger partial charge in [0.05, 0.1) is 37.3 Å². The Balaban J connectivity index is 1.69. The van der Waals surface area contributed by atoms with E-state index < -0.39 is 23.5 Å². The molecule has 1 aliphatic rings. The Kier molecular flexibility index (Phi) is 5.93. The molecule has 3 aromatic rings. The molecule has 7 heteroatoms.